The van der Waals surface area contributed by atoms with E-state index in [-0.39, 0.29) is 10.7 Å². The van der Waals surface area contributed by atoms with E-state index in [1.54, 1.807) is 30.5 Å². The Morgan fingerprint density at radius 2 is 1.88 bits per heavy atom. The molecule has 1 N–H and O–H groups in total. The zero-order chi connectivity index (χ0) is 18.7. The van der Waals surface area contributed by atoms with E-state index in [9.17, 15) is 13.2 Å². The standard InChI is InChI=1S/C18H17N3O3S2/c1-13(22)14-4-3-5-17(12-14)26(23,24)20-15-6-8-16(9-7-15)25-18-19-10-11-21(18)2/h3-12,20H,1-2H3. The molecule has 1 aromatic heterocycles. The van der Waals surface area contributed by atoms with Crippen LogP contribution in [0.25, 0.3) is 0 Å². The lowest BCUT2D eigenvalue weighted by Gasteiger charge is -2.09. The third-order valence-electron chi connectivity index (χ3n) is 3.64. The Labute approximate surface area is 156 Å². The van der Waals surface area contributed by atoms with Gasteiger partial charge in [-0.15, -0.1) is 0 Å². The van der Waals surface area contributed by atoms with Gasteiger partial charge in [0, 0.05) is 35.6 Å². The molecule has 134 valence electrons. The van der Waals surface area contributed by atoms with Crippen LogP contribution in [0.1, 0.15) is 17.3 Å². The first-order valence-electron chi connectivity index (χ1n) is 7.74. The second-order valence-corrected chi connectivity index (χ2v) is 8.36. The van der Waals surface area contributed by atoms with Crippen molar-refractivity contribution in [2.45, 2.75) is 21.9 Å². The van der Waals surface area contributed by atoms with E-state index in [1.807, 2.05) is 29.9 Å². The van der Waals surface area contributed by atoms with Gasteiger partial charge in [-0.25, -0.2) is 13.4 Å². The zero-order valence-corrected chi connectivity index (χ0v) is 15.8. The number of carbonyl (C=O) groups is 1. The second kappa shape index (κ2) is 7.35. The highest BCUT2D eigenvalue weighted by Crippen LogP contribution is 2.27. The molecule has 0 fully saturated rings. The maximum absolute atomic E-state index is 12.5. The molecule has 0 amide bonds. The molecule has 0 atom stereocenters. The molecule has 2 aromatic carbocycles. The summed E-state index contributed by atoms with van der Waals surface area (Å²) >= 11 is 1.49. The molecule has 8 heteroatoms. The van der Waals surface area contributed by atoms with E-state index in [2.05, 4.69) is 9.71 Å². The van der Waals surface area contributed by atoms with Gasteiger partial charge in [0.2, 0.25) is 0 Å². The monoisotopic (exact) mass is 387 g/mol. The van der Waals surface area contributed by atoms with Crippen molar-refractivity contribution in [3.63, 3.8) is 0 Å². The molecular formula is C18H17N3O3S2. The number of aryl methyl sites for hydroxylation is 1. The minimum absolute atomic E-state index is 0.0525. The first-order valence-corrected chi connectivity index (χ1v) is 10.0. The molecule has 6 nitrogen and oxygen atoms in total. The molecule has 0 unspecified atom stereocenters. The fourth-order valence-corrected chi connectivity index (χ4v) is 4.15. The lowest BCUT2D eigenvalue weighted by molar-refractivity contribution is 0.101. The molecular weight excluding hydrogens is 370 g/mol. The Bertz CT molecular complexity index is 1040. The van der Waals surface area contributed by atoms with E-state index >= 15 is 0 Å². The number of hydrogen-bond donors (Lipinski definition) is 1. The number of carbonyl (C=O) groups excluding carboxylic acids is 1. The number of nitrogens with one attached hydrogen (secondary N) is 1. The Kier molecular flexibility index (Phi) is 5.15. The van der Waals surface area contributed by atoms with Gasteiger partial charge >= 0.3 is 0 Å². The van der Waals surface area contributed by atoms with Crippen LogP contribution < -0.4 is 4.72 Å². The fourth-order valence-electron chi connectivity index (χ4n) is 2.24. The summed E-state index contributed by atoms with van der Waals surface area (Å²) in [6.45, 7) is 1.40. The highest BCUT2D eigenvalue weighted by atomic mass is 32.2. The minimum Gasteiger partial charge on any atom is -0.329 e. The van der Waals surface area contributed by atoms with Crippen molar-refractivity contribution in [1.29, 1.82) is 0 Å². The summed E-state index contributed by atoms with van der Waals surface area (Å²) in [4.78, 5) is 16.7. The number of imidazole rings is 1. The van der Waals surface area contributed by atoms with Crippen LogP contribution in [0, 0.1) is 0 Å². The average molecular weight is 387 g/mol. The molecule has 1 heterocycles. The summed E-state index contributed by atoms with van der Waals surface area (Å²) in [6.07, 6.45) is 3.58. The number of Topliss-reactive ketones (excluding diaryl/α,β-unsaturated/α-hetero) is 1. The summed E-state index contributed by atoms with van der Waals surface area (Å²) in [6, 6.07) is 13.0. The largest absolute Gasteiger partial charge is 0.329 e. The second-order valence-electron chi connectivity index (χ2n) is 5.64. The van der Waals surface area contributed by atoms with Crippen molar-refractivity contribution >= 4 is 33.3 Å². The molecule has 0 radical (unpaired) electrons. The number of hydrogen-bond acceptors (Lipinski definition) is 5. The Hall–Kier alpha value is -2.58. The van der Waals surface area contributed by atoms with Crippen molar-refractivity contribution in [1.82, 2.24) is 9.55 Å². The quantitative estimate of drug-likeness (QED) is 0.654. The van der Waals surface area contributed by atoms with Gasteiger partial charge in [-0.05, 0) is 43.3 Å². The van der Waals surface area contributed by atoms with Crippen LogP contribution in [-0.2, 0) is 17.1 Å². The van der Waals surface area contributed by atoms with Gasteiger partial charge in [-0.2, -0.15) is 0 Å². The van der Waals surface area contributed by atoms with Crippen LogP contribution in [0.3, 0.4) is 0 Å². The molecule has 0 spiro atoms. The summed E-state index contributed by atoms with van der Waals surface area (Å²) in [5, 5.41) is 0.847. The molecule has 0 aliphatic carbocycles. The van der Waals surface area contributed by atoms with Gasteiger partial charge < -0.3 is 4.57 Å². The van der Waals surface area contributed by atoms with Gasteiger partial charge in [-0.1, -0.05) is 23.9 Å². The molecule has 0 bridgehead atoms. The van der Waals surface area contributed by atoms with Crippen LogP contribution in [-0.4, -0.2) is 23.8 Å². The summed E-state index contributed by atoms with van der Waals surface area (Å²) in [5.74, 6) is -0.183. The van der Waals surface area contributed by atoms with Gasteiger partial charge in [0.15, 0.2) is 10.9 Å². The number of aromatic nitrogens is 2. The van der Waals surface area contributed by atoms with E-state index in [0.29, 0.717) is 11.3 Å². The van der Waals surface area contributed by atoms with E-state index < -0.39 is 10.0 Å². The molecule has 0 saturated carbocycles. The number of nitrogens with zero attached hydrogens (tertiary/aromatic N) is 2. The van der Waals surface area contributed by atoms with E-state index in [4.69, 9.17) is 0 Å². The first kappa shape index (κ1) is 18.2. The topological polar surface area (TPSA) is 81.1 Å². The molecule has 0 aliphatic heterocycles. The third-order valence-corrected chi connectivity index (χ3v) is 6.11. The maximum atomic E-state index is 12.5. The molecule has 3 aromatic rings. The minimum atomic E-state index is -3.76. The predicted octanol–water partition coefficient (Wildman–Crippen LogP) is 3.57. The Morgan fingerprint density at radius 1 is 1.15 bits per heavy atom. The van der Waals surface area contributed by atoms with E-state index in [0.717, 1.165) is 10.1 Å². The number of ketones is 1. The SMILES string of the molecule is CC(=O)c1cccc(S(=O)(=O)Nc2ccc(Sc3nccn3C)cc2)c1. The molecule has 26 heavy (non-hydrogen) atoms. The molecule has 3 rings (SSSR count). The Balaban J connectivity index is 1.77. The van der Waals surface area contributed by atoms with Gasteiger partial charge in [0.25, 0.3) is 10.0 Å². The van der Waals surface area contributed by atoms with Crippen LogP contribution in [0.5, 0.6) is 0 Å². The molecule has 0 aliphatic rings. The molecule has 0 saturated heterocycles. The lowest BCUT2D eigenvalue weighted by Crippen LogP contribution is -2.13. The number of rotatable bonds is 6. The number of benzene rings is 2. The predicted molar refractivity (Wildman–Crippen MR) is 101 cm³/mol. The van der Waals surface area contributed by atoms with E-state index in [1.165, 1.54) is 30.8 Å². The van der Waals surface area contributed by atoms with Crippen molar-refractivity contribution in [3.05, 3.63) is 66.5 Å². The number of sulfonamides is 1. The van der Waals surface area contributed by atoms with Crippen LogP contribution in [0.2, 0.25) is 0 Å². The first-order chi connectivity index (χ1) is 12.3. The van der Waals surface area contributed by atoms with Crippen molar-refractivity contribution in [2.24, 2.45) is 7.05 Å². The smallest absolute Gasteiger partial charge is 0.261 e. The fraction of sp³-hybridized carbons (Fsp3) is 0.111. The van der Waals surface area contributed by atoms with Gasteiger partial charge in [-0.3, -0.25) is 9.52 Å². The zero-order valence-electron chi connectivity index (χ0n) is 14.2. The summed E-state index contributed by atoms with van der Waals surface area (Å²) < 4.78 is 29.5. The summed E-state index contributed by atoms with van der Waals surface area (Å²) in [7, 11) is -1.85. The number of anilines is 1. The average Bonchev–Trinajstić information content (AvgIpc) is 3.01. The Morgan fingerprint density at radius 3 is 2.50 bits per heavy atom. The third kappa shape index (κ3) is 4.14. The normalized spacial score (nSPS) is 11.3. The maximum Gasteiger partial charge on any atom is 0.261 e. The van der Waals surface area contributed by atoms with Crippen molar-refractivity contribution < 1.29 is 13.2 Å². The van der Waals surface area contributed by atoms with Gasteiger partial charge in [0.1, 0.15) is 0 Å². The van der Waals surface area contributed by atoms with Crippen molar-refractivity contribution in [2.75, 3.05) is 4.72 Å². The van der Waals surface area contributed by atoms with Crippen molar-refractivity contribution in [3.8, 4) is 0 Å². The van der Waals surface area contributed by atoms with Crippen LogP contribution in [0.4, 0.5) is 5.69 Å². The van der Waals surface area contributed by atoms with Crippen LogP contribution >= 0.6 is 11.8 Å². The van der Waals surface area contributed by atoms with Crippen LogP contribution in [0.15, 0.2) is 75.9 Å². The van der Waals surface area contributed by atoms with Gasteiger partial charge in [0.05, 0.1) is 4.90 Å². The highest BCUT2D eigenvalue weighted by Gasteiger charge is 2.15. The summed E-state index contributed by atoms with van der Waals surface area (Å²) in [5.41, 5.74) is 0.803. The highest BCUT2D eigenvalue weighted by molar-refractivity contribution is 7.99. The lowest BCUT2D eigenvalue weighted by atomic mass is 10.2.